The number of nitrogens with one attached hydrogen (secondary N) is 2. The molecule has 0 saturated carbocycles. The van der Waals surface area contributed by atoms with Crippen LogP contribution >= 0.6 is 0 Å². The van der Waals surface area contributed by atoms with Crippen molar-refractivity contribution in [3.8, 4) is 0 Å². The first-order valence-electron chi connectivity index (χ1n) is 5.90. The molecule has 0 atom stereocenters. The minimum Gasteiger partial charge on any atom is -0.361 e. The molecule has 0 amide bonds. The summed E-state index contributed by atoms with van der Waals surface area (Å²) >= 11 is 0. The summed E-state index contributed by atoms with van der Waals surface area (Å²) < 4.78 is 1.71. The van der Waals surface area contributed by atoms with Crippen molar-refractivity contribution in [2.24, 2.45) is 7.05 Å². The quantitative estimate of drug-likeness (QED) is 0.473. The van der Waals surface area contributed by atoms with Crippen LogP contribution in [0.25, 0.3) is 0 Å². The van der Waals surface area contributed by atoms with Crippen molar-refractivity contribution in [2.45, 2.75) is 13.3 Å². The van der Waals surface area contributed by atoms with Crippen molar-refractivity contribution in [2.75, 3.05) is 25.0 Å². The predicted octanol–water partition coefficient (Wildman–Crippen LogP) is 0.968. The average molecular weight is 251 g/mol. The molecule has 1 aliphatic heterocycles. The minimum atomic E-state index is -0.452. The zero-order valence-corrected chi connectivity index (χ0v) is 10.6. The van der Waals surface area contributed by atoms with E-state index in [1.54, 1.807) is 18.5 Å². The monoisotopic (exact) mass is 251 g/mol. The topological polar surface area (TPSA) is 85.0 Å². The Morgan fingerprint density at radius 1 is 1.67 bits per heavy atom. The van der Waals surface area contributed by atoms with Gasteiger partial charge < -0.3 is 20.7 Å². The summed E-state index contributed by atoms with van der Waals surface area (Å²) in [5.41, 5.74) is 1.27. The molecule has 7 heteroatoms. The lowest BCUT2D eigenvalue weighted by Gasteiger charge is -2.15. The summed E-state index contributed by atoms with van der Waals surface area (Å²) in [5, 5.41) is 17.2. The molecule has 0 unspecified atom stereocenters. The second-order valence-corrected chi connectivity index (χ2v) is 4.32. The maximum atomic E-state index is 10.9. The Morgan fingerprint density at radius 2 is 2.44 bits per heavy atom. The van der Waals surface area contributed by atoms with Gasteiger partial charge in [-0.05, 0) is 22.9 Å². The van der Waals surface area contributed by atoms with Crippen LogP contribution in [0.5, 0.6) is 0 Å². The van der Waals surface area contributed by atoms with E-state index in [0.29, 0.717) is 18.2 Å². The maximum absolute atomic E-state index is 10.9. The fourth-order valence-corrected chi connectivity index (χ4v) is 1.95. The fourth-order valence-electron chi connectivity index (χ4n) is 1.95. The van der Waals surface area contributed by atoms with Crippen LogP contribution in [0, 0.1) is 17.0 Å². The van der Waals surface area contributed by atoms with Crippen LogP contribution in [-0.4, -0.2) is 34.1 Å². The molecule has 0 aliphatic carbocycles. The summed E-state index contributed by atoms with van der Waals surface area (Å²) in [6.07, 6.45) is 3.09. The zero-order valence-electron chi connectivity index (χ0n) is 10.6. The number of anilines is 1. The van der Waals surface area contributed by atoms with Crippen LogP contribution in [-0.2, 0) is 7.05 Å². The van der Waals surface area contributed by atoms with Crippen molar-refractivity contribution in [1.29, 1.82) is 0 Å². The highest BCUT2D eigenvalue weighted by Gasteiger charge is 2.23. The summed E-state index contributed by atoms with van der Waals surface area (Å²) in [7, 11) is 1.77. The van der Waals surface area contributed by atoms with Crippen molar-refractivity contribution in [1.82, 2.24) is 14.9 Å². The van der Waals surface area contributed by atoms with Crippen LogP contribution in [0.2, 0.25) is 0 Å². The molecule has 0 bridgehead atoms. The van der Waals surface area contributed by atoms with Crippen molar-refractivity contribution < 1.29 is 4.92 Å². The van der Waals surface area contributed by atoms with Crippen LogP contribution in [0.15, 0.2) is 11.6 Å². The molecular weight excluding hydrogens is 234 g/mol. The molecule has 0 saturated heterocycles. The molecule has 2 N–H and O–H groups in total. The molecule has 0 fully saturated rings. The molecule has 2 heterocycles. The van der Waals surface area contributed by atoms with Crippen molar-refractivity contribution in [3.63, 3.8) is 0 Å². The van der Waals surface area contributed by atoms with Gasteiger partial charge in [0.05, 0.1) is 0 Å². The lowest BCUT2D eigenvalue weighted by atomic mass is 10.1. The van der Waals surface area contributed by atoms with Gasteiger partial charge in [0.25, 0.3) is 0 Å². The molecule has 0 aromatic carbocycles. The van der Waals surface area contributed by atoms with Gasteiger partial charge in [-0.1, -0.05) is 11.6 Å². The standard InChI is InChI=1S/C11H17N5O2/c1-8-14-11(16(17)18)10(15(8)2)13-7-9-3-5-12-6-4-9/h3,12-13H,4-7H2,1-2H3. The lowest BCUT2D eigenvalue weighted by molar-refractivity contribution is -0.388. The van der Waals surface area contributed by atoms with E-state index in [1.807, 2.05) is 0 Å². The number of hydrogen-bond acceptors (Lipinski definition) is 5. The summed E-state index contributed by atoms with van der Waals surface area (Å²) in [6, 6.07) is 0. The summed E-state index contributed by atoms with van der Waals surface area (Å²) in [4.78, 5) is 14.4. The number of hydrogen-bond donors (Lipinski definition) is 2. The zero-order chi connectivity index (χ0) is 13.1. The van der Waals surface area contributed by atoms with Gasteiger partial charge in [0.15, 0.2) is 0 Å². The van der Waals surface area contributed by atoms with Gasteiger partial charge in [-0.25, -0.2) is 0 Å². The third-order valence-electron chi connectivity index (χ3n) is 3.11. The number of aromatic nitrogens is 2. The maximum Gasteiger partial charge on any atom is 0.406 e. The molecule has 0 radical (unpaired) electrons. The van der Waals surface area contributed by atoms with E-state index >= 15 is 0 Å². The van der Waals surface area contributed by atoms with E-state index in [0.717, 1.165) is 19.5 Å². The Balaban J connectivity index is 2.13. The Labute approximate surface area is 105 Å². The highest BCUT2D eigenvalue weighted by atomic mass is 16.6. The molecule has 7 nitrogen and oxygen atoms in total. The van der Waals surface area contributed by atoms with Gasteiger partial charge in [0.2, 0.25) is 11.6 Å². The number of nitrogens with zero attached hydrogens (tertiary/aromatic N) is 3. The van der Waals surface area contributed by atoms with Gasteiger partial charge in [-0.2, -0.15) is 0 Å². The smallest absolute Gasteiger partial charge is 0.361 e. The fraction of sp³-hybridized carbons (Fsp3) is 0.545. The largest absolute Gasteiger partial charge is 0.406 e. The third-order valence-corrected chi connectivity index (χ3v) is 3.11. The van der Waals surface area contributed by atoms with Crippen molar-refractivity contribution >= 4 is 11.6 Å². The molecule has 0 spiro atoms. The van der Waals surface area contributed by atoms with E-state index in [1.165, 1.54) is 5.57 Å². The molecule has 1 aliphatic rings. The highest BCUT2D eigenvalue weighted by Crippen LogP contribution is 2.24. The predicted molar refractivity (Wildman–Crippen MR) is 68.7 cm³/mol. The van der Waals surface area contributed by atoms with E-state index in [2.05, 4.69) is 21.7 Å². The Bertz CT molecular complexity index is 492. The molecule has 18 heavy (non-hydrogen) atoms. The van der Waals surface area contributed by atoms with E-state index in [9.17, 15) is 10.1 Å². The number of imidazole rings is 1. The SMILES string of the molecule is Cc1nc([N+](=O)[O-])c(NCC2=CCNCC2)n1C. The number of rotatable bonds is 4. The van der Waals surface area contributed by atoms with Crippen LogP contribution in [0.1, 0.15) is 12.2 Å². The van der Waals surface area contributed by atoms with E-state index < -0.39 is 4.92 Å². The van der Waals surface area contributed by atoms with Gasteiger partial charge in [-0.3, -0.25) is 4.57 Å². The van der Waals surface area contributed by atoms with E-state index in [-0.39, 0.29) is 5.82 Å². The Morgan fingerprint density at radius 3 is 3.06 bits per heavy atom. The lowest BCUT2D eigenvalue weighted by Crippen LogP contribution is -2.23. The molecule has 1 aromatic heterocycles. The number of aryl methyl sites for hydroxylation is 1. The third kappa shape index (κ3) is 2.51. The Kier molecular flexibility index (Phi) is 3.61. The second-order valence-electron chi connectivity index (χ2n) is 4.32. The minimum absolute atomic E-state index is 0.107. The van der Waals surface area contributed by atoms with Crippen LogP contribution in [0.4, 0.5) is 11.6 Å². The van der Waals surface area contributed by atoms with Crippen LogP contribution in [0.3, 0.4) is 0 Å². The first-order valence-corrected chi connectivity index (χ1v) is 5.90. The first-order chi connectivity index (χ1) is 8.59. The van der Waals surface area contributed by atoms with Crippen molar-refractivity contribution in [3.05, 3.63) is 27.6 Å². The number of nitro groups is 1. The normalized spacial score (nSPS) is 15.3. The van der Waals surface area contributed by atoms with Crippen LogP contribution < -0.4 is 10.6 Å². The second kappa shape index (κ2) is 5.18. The highest BCUT2D eigenvalue weighted by molar-refractivity contribution is 5.54. The molecular formula is C11H17N5O2. The first kappa shape index (κ1) is 12.6. The summed E-state index contributed by atoms with van der Waals surface area (Å²) in [5.74, 6) is 0.991. The molecule has 2 rings (SSSR count). The van der Waals surface area contributed by atoms with Gasteiger partial charge in [0.1, 0.15) is 0 Å². The molecule has 98 valence electrons. The Hall–Kier alpha value is -1.89. The van der Waals surface area contributed by atoms with E-state index in [4.69, 9.17) is 0 Å². The average Bonchev–Trinajstić information content (AvgIpc) is 2.65. The van der Waals surface area contributed by atoms with Gasteiger partial charge in [0, 0.05) is 27.1 Å². The molecule has 1 aromatic rings. The van der Waals surface area contributed by atoms with Gasteiger partial charge in [-0.15, -0.1) is 0 Å². The summed E-state index contributed by atoms with van der Waals surface area (Å²) in [6.45, 7) is 4.20. The van der Waals surface area contributed by atoms with Gasteiger partial charge >= 0.3 is 5.82 Å².